The van der Waals surface area contributed by atoms with Crippen LogP contribution in [0.5, 0.6) is 0 Å². The Kier molecular flexibility index (Phi) is 11.7. The number of nitrogens with one attached hydrogen (secondary N) is 2. The van der Waals surface area contributed by atoms with Crippen molar-refractivity contribution in [1.29, 1.82) is 0 Å². The van der Waals surface area contributed by atoms with E-state index in [0.29, 0.717) is 30.7 Å². The Morgan fingerprint density at radius 1 is 1.08 bits per heavy atom. The first-order valence-electron chi connectivity index (χ1n) is 12.0. The molecule has 2 aromatic rings. The number of carbonyl (C=O) groups excluding carboxylic acids is 3. The summed E-state index contributed by atoms with van der Waals surface area (Å²) in [7, 11) is 0. The van der Waals surface area contributed by atoms with Crippen molar-refractivity contribution in [2.45, 2.75) is 70.5 Å². The minimum Gasteiger partial charge on any atom is -0.468 e. The molecule has 6 nitrogen and oxygen atoms in total. The zero-order valence-corrected chi connectivity index (χ0v) is 21.8. The number of Topliss-reactive ketones (excluding diaryl/α,β-unsaturated/α-hetero) is 1. The van der Waals surface area contributed by atoms with Crippen molar-refractivity contribution in [2.75, 3.05) is 5.75 Å². The standard InChI is InChI=1S/C26H32F4N2O4S/c1-4-5-8-21(23(33)15-37-14-18-7-6-11-36-18)31-25(35)22(12-16(2)3)32-24(34)17-9-10-20(27)19(13-17)26(28,29)30/h6-7,9-11,13,16,21-22H,4-5,8,12,14-15H2,1-3H3,(H,31,35)(H,32,34). The number of unbranched alkanes of at least 4 members (excludes halogenated alkanes) is 1. The van der Waals surface area contributed by atoms with Gasteiger partial charge in [-0.05, 0) is 49.1 Å². The predicted molar refractivity (Wildman–Crippen MR) is 133 cm³/mol. The van der Waals surface area contributed by atoms with Crippen LogP contribution in [0.15, 0.2) is 41.0 Å². The molecule has 2 rings (SSSR count). The van der Waals surface area contributed by atoms with Crippen molar-refractivity contribution >= 4 is 29.4 Å². The van der Waals surface area contributed by atoms with E-state index in [1.54, 1.807) is 18.4 Å². The number of ketones is 1. The van der Waals surface area contributed by atoms with E-state index in [1.807, 2.05) is 20.8 Å². The van der Waals surface area contributed by atoms with E-state index in [0.717, 1.165) is 18.2 Å². The molecule has 0 bridgehead atoms. The van der Waals surface area contributed by atoms with Crippen LogP contribution < -0.4 is 10.6 Å². The monoisotopic (exact) mass is 544 g/mol. The molecule has 0 fully saturated rings. The molecule has 0 saturated carbocycles. The number of furan rings is 1. The summed E-state index contributed by atoms with van der Waals surface area (Å²) in [5, 5.41) is 5.18. The molecule has 0 saturated heterocycles. The molecule has 2 atom stereocenters. The van der Waals surface area contributed by atoms with Gasteiger partial charge in [0.05, 0.1) is 29.4 Å². The van der Waals surface area contributed by atoms with Crippen LogP contribution >= 0.6 is 11.8 Å². The van der Waals surface area contributed by atoms with E-state index in [-0.39, 0.29) is 23.9 Å². The summed E-state index contributed by atoms with van der Waals surface area (Å²) in [6.45, 7) is 5.59. The lowest BCUT2D eigenvalue weighted by Crippen LogP contribution is -2.52. The Morgan fingerprint density at radius 2 is 1.81 bits per heavy atom. The lowest BCUT2D eigenvalue weighted by atomic mass is 10.0. The first-order chi connectivity index (χ1) is 17.4. The van der Waals surface area contributed by atoms with Crippen molar-refractivity contribution < 1.29 is 36.4 Å². The molecular weight excluding hydrogens is 512 g/mol. The second-order valence-corrected chi connectivity index (χ2v) is 10.1. The van der Waals surface area contributed by atoms with E-state index in [9.17, 15) is 31.9 Å². The maximum Gasteiger partial charge on any atom is 0.419 e. The summed E-state index contributed by atoms with van der Waals surface area (Å²) in [6, 6.07) is 3.58. The van der Waals surface area contributed by atoms with Crippen LogP contribution in [0, 0.1) is 11.7 Å². The third kappa shape index (κ3) is 9.87. The molecule has 11 heteroatoms. The third-order valence-corrected chi connectivity index (χ3v) is 6.46. The molecule has 1 aromatic heterocycles. The maximum atomic E-state index is 13.6. The van der Waals surface area contributed by atoms with Gasteiger partial charge in [0.15, 0.2) is 5.78 Å². The molecular formula is C26H32F4N2O4S. The normalized spacial score (nSPS) is 13.3. The molecule has 2 N–H and O–H groups in total. The van der Waals surface area contributed by atoms with Gasteiger partial charge < -0.3 is 15.1 Å². The summed E-state index contributed by atoms with van der Waals surface area (Å²) >= 11 is 1.35. The summed E-state index contributed by atoms with van der Waals surface area (Å²) in [6.07, 6.45) is -1.34. The van der Waals surface area contributed by atoms with Gasteiger partial charge >= 0.3 is 6.18 Å². The number of rotatable bonds is 14. The van der Waals surface area contributed by atoms with Crippen LogP contribution in [0.25, 0.3) is 0 Å². The summed E-state index contributed by atoms with van der Waals surface area (Å²) in [5.41, 5.74) is -1.99. The predicted octanol–water partition coefficient (Wildman–Crippen LogP) is 5.76. The quantitative estimate of drug-likeness (QED) is 0.295. The number of alkyl halides is 3. The molecule has 0 aliphatic heterocycles. The fourth-order valence-corrected chi connectivity index (χ4v) is 4.44. The van der Waals surface area contributed by atoms with Crippen molar-refractivity contribution in [3.8, 4) is 0 Å². The van der Waals surface area contributed by atoms with Crippen molar-refractivity contribution in [1.82, 2.24) is 10.6 Å². The number of benzene rings is 1. The molecule has 37 heavy (non-hydrogen) atoms. The van der Waals surface area contributed by atoms with Gasteiger partial charge in [-0.1, -0.05) is 33.6 Å². The van der Waals surface area contributed by atoms with Gasteiger partial charge in [-0.3, -0.25) is 14.4 Å². The third-order valence-electron chi connectivity index (χ3n) is 5.48. The molecule has 0 radical (unpaired) electrons. The molecule has 2 unspecified atom stereocenters. The number of hydrogen-bond acceptors (Lipinski definition) is 5. The SMILES string of the molecule is CCCCC(NC(=O)C(CC(C)C)NC(=O)c1ccc(F)c(C(F)(F)F)c1)C(=O)CSCc1ccco1. The zero-order chi connectivity index (χ0) is 27.6. The highest BCUT2D eigenvalue weighted by Gasteiger charge is 2.35. The van der Waals surface area contributed by atoms with Crippen LogP contribution in [0.2, 0.25) is 0 Å². The number of halogens is 4. The van der Waals surface area contributed by atoms with Crippen molar-refractivity contribution in [3.05, 3.63) is 59.3 Å². The van der Waals surface area contributed by atoms with E-state index in [4.69, 9.17) is 4.42 Å². The summed E-state index contributed by atoms with van der Waals surface area (Å²) < 4.78 is 58.1. The fraction of sp³-hybridized carbons (Fsp3) is 0.500. The second kappa shape index (κ2) is 14.2. The minimum absolute atomic E-state index is 0.0522. The molecule has 2 amide bonds. The van der Waals surface area contributed by atoms with Crippen LogP contribution in [0.3, 0.4) is 0 Å². The molecule has 0 aliphatic rings. The van der Waals surface area contributed by atoms with E-state index in [2.05, 4.69) is 10.6 Å². The van der Waals surface area contributed by atoms with Gasteiger partial charge in [0.1, 0.15) is 17.6 Å². The molecule has 0 aliphatic carbocycles. The largest absolute Gasteiger partial charge is 0.468 e. The van der Waals surface area contributed by atoms with Gasteiger partial charge in [0.25, 0.3) is 5.91 Å². The van der Waals surface area contributed by atoms with Crippen molar-refractivity contribution in [2.24, 2.45) is 5.92 Å². The van der Waals surface area contributed by atoms with Gasteiger partial charge in [0.2, 0.25) is 5.91 Å². The van der Waals surface area contributed by atoms with Gasteiger partial charge in [-0.25, -0.2) is 4.39 Å². The Bertz CT molecular complexity index is 1040. The number of amides is 2. The topological polar surface area (TPSA) is 88.4 Å². The summed E-state index contributed by atoms with van der Waals surface area (Å²) in [5.74, 6) is -1.92. The van der Waals surface area contributed by atoms with E-state index < -0.39 is 47.0 Å². The number of hydrogen-bond donors (Lipinski definition) is 2. The first-order valence-corrected chi connectivity index (χ1v) is 13.2. The Morgan fingerprint density at radius 3 is 2.41 bits per heavy atom. The van der Waals surface area contributed by atoms with Crippen LogP contribution in [0.1, 0.15) is 68.1 Å². The number of thioether (sulfide) groups is 1. The lowest BCUT2D eigenvalue weighted by Gasteiger charge is -2.24. The average molecular weight is 545 g/mol. The smallest absolute Gasteiger partial charge is 0.419 e. The van der Waals surface area contributed by atoms with Crippen LogP contribution in [-0.4, -0.2) is 35.4 Å². The average Bonchev–Trinajstić information content (AvgIpc) is 3.33. The molecule has 1 heterocycles. The van der Waals surface area contributed by atoms with Crippen LogP contribution in [0.4, 0.5) is 17.6 Å². The highest BCUT2D eigenvalue weighted by atomic mass is 32.2. The fourth-order valence-electron chi connectivity index (χ4n) is 3.57. The second-order valence-electron chi connectivity index (χ2n) is 9.09. The highest BCUT2D eigenvalue weighted by Crippen LogP contribution is 2.32. The number of carbonyl (C=O) groups is 3. The van der Waals surface area contributed by atoms with E-state index >= 15 is 0 Å². The molecule has 0 spiro atoms. The maximum absolute atomic E-state index is 13.6. The Balaban J connectivity index is 2.11. The van der Waals surface area contributed by atoms with Gasteiger partial charge in [-0.2, -0.15) is 13.2 Å². The summed E-state index contributed by atoms with van der Waals surface area (Å²) in [4.78, 5) is 38.7. The first kappa shape index (κ1) is 30.4. The highest BCUT2D eigenvalue weighted by molar-refractivity contribution is 7.99. The minimum atomic E-state index is -4.98. The van der Waals surface area contributed by atoms with Crippen molar-refractivity contribution in [3.63, 3.8) is 0 Å². The zero-order valence-electron chi connectivity index (χ0n) is 21.0. The Hall–Kier alpha value is -2.82. The Labute approximate surface area is 217 Å². The van der Waals surface area contributed by atoms with E-state index in [1.165, 1.54) is 11.8 Å². The molecule has 1 aromatic carbocycles. The molecule has 204 valence electrons. The van der Waals surface area contributed by atoms with Gasteiger partial charge in [0, 0.05) is 5.56 Å². The van der Waals surface area contributed by atoms with Gasteiger partial charge in [-0.15, -0.1) is 11.8 Å². The van der Waals surface area contributed by atoms with Crippen LogP contribution in [-0.2, 0) is 21.5 Å². The lowest BCUT2D eigenvalue weighted by molar-refractivity contribution is -0.140.